The standard InChI is InChI=1S/C8H11N3O7S.Na.H/c9-7(13)6-4(3-12)1-5-2-10(6)8(14)11(5)18-19(15,16)17;;/h1,5-6,12H,2-3H2,(H2,9,13)(H,15,16,17);;/q;+1;-1. The first-order valence-electron chi connectivity index (χ1n) is 5.12. The Morgan fingerprint density at radius 2 is 2.20 bits per heavy atom. The second-order valence-electron chi connectivity index (χ2n) is 4.03. The van der Waals surface area contributed by atoms with Crippen molar-refractivity contribution in [3.05, 3.63) is 11.6 Å². The fourth-order valence-electron chi connectivity index (χ4n) is 2.16. The predicted molar refractivity (Wildman–Crippen MR) is 59.6 cm³/mol. The number of aliphatic hydroxyl groups is 1. The molecule has 0 aromatic heterocycles. The third-order valence-electron chi connectivity index (χ3n) is 2.82. The van der Waals surface area contributed by atoms with Gasteiger partial charge in [0.1, 0.15) is 6.04 Å². The van der Waals surface area contributed by atoms with Gasteiger partial charge in [-0.05, 0) is 5.57 Å². The first-order valence-corrected chi connectivity index (χ1v) is 6.48. The van der Waals surface area contributed by atoms with Crippen molar-refractivity contribution in [2.45, 2.75) is 12.1 Å². The Morgan fingerprint density at radius 3 is 2.65 bits per heavy atom. The molecule has 0 spiro atoms. The van der Waals surface area contributed by atoms with Crippen molar-refractivity contribution in [2.24, 2.45) is 5.73 Å². The van der Waals surface area contributed by atoms with Gasteiger partial charge in [-0.25, -0.2) is 4.79 Å². The maximum atomic E-state index is 11.9. The van der Waals surface area contributed by atoms with Gasteiger partial charge in [0.2, 0.25) is 5.91 Å². The number of aliphatic hydroxyl groups excluding tert-OH is 1. The molecule has 0 saturated carbocycles. The minimum atomic E-state index is -4.87. The molecule has 12 heteroatoms. The molecule has 2 rings (SSSR count). The molecule has 0 aromatic carbocycles. The molecule has 2 heterocycles. The molecule has 10 nitrogen and oxygen atoms in total. The Labute approximate surface area is 137 Å². The molecule has 20 heavy (non-hydrogen) atoms. The second-order valence-corrected chi connectivity index (χ2v) is 5.04. The number of hydrogen-bond acceptors (Lipinski definition) is 6. The number of carbonyl (C=O) groups excluding carboxylic acids is 2. The van der Waals surface area contributed by atoms with Crippen molar-refractivity contribution >= 4 is 22.3 Å². The molecule has 2 aliphatic heterocycles. The van der Waals surface area contributed by atoms with E-state index in [4.69, 9.17) is 15.4 Å². The molecule has 2 aliphatic rings. The van der Waals surface area contributed by atoms with Crippen molar-refractivity contribution in [3.8, 4) is 0 Å². The van der Waals surface area contributed by atoms with Gasteiger partial charge in [-0.15, -0.1) is 4.28 Å². The molecule has 2 unspecified atom stereocenters. The third-order valence-corrected chi connectivity index (χ3v) is 3.16. The first-order chi connectivity index (χ1) is 8.74. The maximum Gasteiger partial charge on any atom is 1.00 e. The Morgan fingerprint density at radius 1 is 1.60 bits per heavy atom. The first kappa shape index (κ1) is 17.4. The molecule has 0 aliphatic carbocycles. The van der Waals surface area contributed by atoms with Gasteiger partial charge in [0.25, 0.3) is 0 Å². The third kappa shape index (κ3) is 3.14. The van der Waals surface area contributed by atoms with Gasteiger partial charge >= 0.3 is 46.0 Å². The monoisotopic (exact) mass is 317 g/mol. The number of nitrogens with two attached hydrogens (primary N) is 1. The number of primary amides is 1. The molecule has 0 aromatic rings. The zero-order valence-electron chi connectivity index (χ0n) is 11.5. The Balaban J connectivity index is 0.00000200. The van der Waals surface area contributed by atoms with Crippen LogP contribution in [0.25, 0.3) is 0 Å². The molecule has 4 N–H and O–H groups in total. The van der Waals surface area contributed by atoms with E-state index in [9.17, 15) is 18.0 Å². The fourth-order valence-corrected chi connectivity index (χ4v) is 2.54. The summed E-state index contributed by atoms with van der Waals surface area (Å²) in [6.45, 7) is -0.556. The van der Waals surface area contributed by atoms with Crippen molar-refractivity contribution < 1.29 is 62.9 Å². The number of hydroxylamine groups is 2. The van der Waals surface area contributed by atoms with Crippen molar-refractivity contribution in [3.63, 3.8) is 0 Å². The summed E-state index contributed by atoms with van der Waals surface area (Å²) in [5, 5.41) is 9.55. The summed E-state index contributed by atoms with van der Waals surface area (Å²) >= 11 is 0. The molecule has 3 amide bonds. The van der Waals surface area contributed by atoms with Crippen LogP contribution in [0.4, 0.5) is 4.79 Å². The van der Waals surface area contributed by atoms with Crippen molar-refractivity contribution in [2.75, 3.05) is 13.2 Å². The summed E-state index contributed by atoms with van der Waals surface area (Å²) in [7, 11) is -4.87. The SMILES string of the molecule is NC(=O)C1C(CO)=CC2CN1C(=O)N2OS(=O)(=O)O.[H-].[Na+]. The van der Waals surface area contributed by atoms with Crippen LogP contribution in [0.5, 0.6) is 0 Å². The van der Waals surface area contributed by atoms with E-state index in [2.05, 4.69) is 4.28 Å². The van der Waals surface area contributed by atoms with Gasteiger partial charge < -0.3 is 17.2 Å². The van der Waals surface area contributed by atoms with E-state index in [-0.39, 0.29) is 43.1 Å². The average Bonchev–Trinajstić information content (AvgIpc) is 2.52. The number of urea groups is 1. The van der Waals surface area contributed by atoms with Gasteiger partial charge in [-0.3, -0.25) is 9.35 Å². The molecular formula is C8H12N3NaO7S. The number of carbonyl (C=O) groups is 2. The van der Waals surface area contributed by atoms with E-state index in [1.165, 1.54) is 6.08 Å². The van der Waals surface area contributed by atoms with Gasteiger partial charge in [0.05, 0.1) is 19.2 Å². The fraction of sp³-hybridized carbons (Fsp3) is 0.500. The van der Waals surface area contributed by atoms with Crippen LogP contribution in [-0.2, 0) is 19.5 Å². The minimum Gasteiger partial charge on any atom is -1.00 e. The number of hydrogen-bond donors (Lipinski definition) is 3. The average molecular weight is 317 g/mol. The van der Waals surface area contributed by atoms with Gasteiger partial charge in [-0.2, -0.15) is 13.5 Å². The molecule has 1 saturated heterocycles. The van der Waals surface area contributed by atoms with Gasteiger partial charge in [0.15, 0.2) is 0 Å². The molecular weight excluding hydrogens is 305 g/mol. The summed E-state index contributed by atoms with van der Waals surface area (Å²) in [6.07, 6.45) is 1.31. The smallest absolute Gasteiger partial charge is 1.00 e. The van der Waals surface area contributed by atoms with Gasteiger partial charge in [0, 0.05) is 0 Å². The Kier molecular flexibility index (Phi) is 5.18. The summed E-state index contributed by atoms with van der Waals surface area (Å²) in [6, 6.07) is -2.94. The topological polar surface area (TPSA) is 150 Å². The number of nitrogens with zero attached hydrogens (tertiary/aromatic N) is 2. The zero-order chi connectivity index (χ0) is 14.4. The predicted octanol–water partition coefficient (Wildman–Crippen LogP) is -5.27. The Bertz CT molecular complexity index is 568. The van der Waals surface area contributed by atoms with Crippen LogP contribution >= 0.6 is 0 Å². The van der Waals surface area contributed by atoms with E-state index < -0.39 is 41.0 Å². The van der Waals surface area contributed by atoms with E-state index in [1.807, 2.05) is 0 Å². The number of amides is 3. The van der Waals surface area contributed by atoms with Crippen molar-refractivity contribution in [1.82, 2.24) is 9.96 Å². The van der Waals surface area contributed by atoms with Crippen LogP contribution in [0, 0.1) is 0 Å². The normalized spacial score (nSPS) is 25.3. The van der Waals surface area contributed by atoms with Crippen LogP contribution in [-0.4, -0.2) is 65.2 Å². The molecule has 0 radical (unpaired) electrons. The van der Waals surface area contributed by atoms with Gasteiger partial charge in [-0.1, -0.05) is 6.08 Å². The van der Waals surface area contributed by atoms with Crippen LogP contribution in [0.15, 0.2) is 11.6 Å². The Hall–Kier alpha value is -0.690. The summed E-state index contributed by atoms with van der Waals surface area (Å²) < 4.78 is 34.0. The quantitative estimate of drug-likeness (QED) is 0.266. The zero-order valence-corrected chi connectivity index (χ0v) is 13.3. The molecule has 2 atom stereocenters. The number of fused-ring (bicyclic) bond motifs is 2. The van der Waals surface area contributed by atoms with E-state index in [0.29, 0.717) is 5.06 Å². The summed E-state index contributed by atoms with van der Waals surface area (Å²) in [5.41, 5.74) is 5.31. The largest absolute Gasteiger partial charge is 1.00 e. The summed E-state index contributed by atoms with van der Waals surface area (Å²) in [5.74, 6) is -0.860. The molecule has 1 fully saturated rings. The number of rotatable bonds is 4. The summed E-state index contributed by atoms with van der Waals surface area (Å²) in [4.78, 5) is 24.1. The van der Waals surface area contributed by atoms with E-state index in [1.54, 1.807) is 0 Å². The van der Waals surface area contributed by atoms with E-state index >= 15 is 0 Å². The second kappa shape index (κ2) is 5.97. The van der Waals surface area contributed by atoms with Crippen molar-refractivity contribution in [1.29, 1.82) is 0 Å². The van der Waals surface area contributed by atoms with Crippen LogP contribution in [0.3, 0.4) is 0 Å². The maximum absolute atomic E-state index is 11.9. The van der Waals surface area contributed by atoms with Crippen LogP contribution < -0.4 is 35.3 Å². The van der Waals surface area contributed by atoms with Crippen LogP contribution in [0.1, 0.15) is 1.43 Å². The van der Waals surface area contributed by atoms with E-state index in [0.717, 1.165) is 4.90 Å². The molecule has 2 bridgehead atoms. The molecule has 108 valence electrons. The minimum absolute atomic E-state index is 0. The van der Waals surface area contributed by atoms with Crippen LogP contribution in [0.2, 0.25) is 0 Å².